The van der Waals surface area contributed by atoms with E-state index in [4.69, 9.17) is 37.9 Å². The van der Waals surface area contributed by atoms with Crippen LogP contribution in [-0.2, 0) is 49.1 Å². The molecule has 1 aliphatic carbocycles. The summed E-state index contributed by atoms with van der Waals surface area (Å²) in [5, 5.41) is 0. The molecule has 4 saturated heterocycles. The molecule has 1 saturated carbocycles. The van der Waals surface area contributed by atoms with Crippen LogP contribution in [0.5, 0.6) is 0 Å². The fourth-order valence-electron chi connectivity index (χ4n) is 8.20. The van der Waals surface area contributed by atoms with Crippen molar-refractivity contribution in [1.29, 1.82) is 0 Å². The number of halogens is 2. The molecule has 5 aliphatic rings. The van der Waals surface area contributed by atoms with Gasteiger partial charge in [0.25, 0.3) is 0 Å². The number of rotatable bonds is 20. The summed E-state index contributed by atoms with van der Waals surface area (Å²) in [6.45, 7) is 3.10. The van der Waals surface area contributed by atoms with Gasteiger partial charge in [-0.05, 0) is 159 Å². The van der Waals surface area contributed by atoms with E-state index in [0.29, 0.717) is 6.42 Å². The van der Waals surface area contributed by atoms with Crippen molar-refractivity contribution in [2.24, 2.45) is 11.8 Å². The van der Waals surface area contributed by atoms with Crippen LogP contribution in [0.1, 0.15) is 121 Å². The minimum absolute atomic E-state index is 0.0121. The molecule has 0 N–H and O–H groups in total. The Morgan fingerprint density at radius 2 is 1.44 bits per heavy atom. The molecule has 4 unspecified atom stereocenters. The maximum Gasteiger partial charge on any atom is 0.158 e. The number of Topliss-reactive ketones (excluding diaryl/α,β-unsaturated/α-hetero) is 1. The highest BCUT2D eigenvalue weighted by Crippen LogP contribution is 2.42. The summed E-state index contributed by atoms with van der Waals surface area (Å²) < 4.78 is 52.2. The van der Waals surface area contributed by atoms with Gasteiger partial charge in [0, 0.05) is 45.2 Å². The molecule has 1 aromatic heterocycles. The number of aryl methyl sites for hydroxylation is 1. The monoisotopic (exact) mass is 900 g/mol. The van der Waals surface area contributed by atoms with Crippen LogP contribution in [0.4, 0.5) is 0 Å². The number of hydrogen-bond acceptors (Lipinski definition) is 10. The van der Waals surface area contributed by atoms with Crippen LogP contribution in [-0.4, -0.2) is 82.3 Å². The SMILES string of the molecule is O=C(CCC/C=C\C[C@@H]1[C@@H](/C=C/C(CCc2cc(Br)sc2Br)O[C@H]2CCCCO2)[C@H](OC2CCCCO2)C[C@@H]1OC1CCCCO1)COC1CCCCO1. The molecule has 4 aliphatic heterocycles. The zero-order valence-electron chi connectivity index (χ0n) is 31.9. The summed E-state index contributed by atoms with van der Waals surface area (Å²) in [6, 6.07) is 2.20. The largest absolute Gasteiger partial charge is 0.353 e. The molecule has 9 atom stereocenters. The second-order valence-electron chi connectivity index (χ2n) is 15.4. The van der Waals surface area contributed by atoms with Crippen molar-refractivity contribution in [2.45, 2.75) is 165 Å². The fourth-order valence-corrected chi connectivity index (χ4v) is 11.1. The zero-order chi connectivity index (χ0) is 37.4. The number of ketones is 1. The van der Waals surface area contributed by atoms with Crippen molar-refractivity contribution in [2.75, 3.05) is 33.0 Å². The van der Waals surface area contributed by atoms with Crippen LogP contribution < -0.4 is 0 Å². The van der Waals surface area contributed by atoms with Gasteiger partial charge in [0.05, 0.1) is 25.9 Å². The first-order valence-corrected chi connectivity index (χ1v) is 23.2. The number of allylic oxidation sites excluding steroid dienone is 2. The fraction of sp³-hybridized carbons (Fsp3) is 0.786. The third-order valence-corrected chi connectivity index (χ3v) is 13.7. The summed E-state index contributed by atoms with van der Waals surface area (Å²) in [6.07, 6.45) is 26.2. The van der Waals surface area contributed by atoms with Gasteiger partial charge in [-0.1, -0.05) is 24.3 Å². The van der Waals surface area contributed by atoms with Crippen molar-refractivity contribution in [3.8, 4) is 0 Å². The van der Waals surface area contributed by atoms with Gasteiger partial charge < -0.3 is 37.9 Å². The Balaban J connectivity index is 1.13. The van der Waals surface area contributed by atoms with Crippen LogP contribution in [0, 0.1) is 11.8 Å². The Bertz CT molecular complexity index is 1280. The Hall–Kier alpha value is -0.510. The molecular weight excluding hydrogens is 840 g/mol. The third-order valence-electron chi connectivity index (χ3n) is 11.2. The van der Waals surface area contributed by atoms with Crippen molar-refractivity contribution < 1.29 is 42.7 Å². The lowest BCUT2D eigenvalue weighted by Gasteiger charge is -2.30. The maximum atomic E-state index is 12.5. The van der Waals surface area contributed by atoms with Crippen LogP contribution in [0.25, 0.3) is 0 Å². The molecule has 1 aromatic rings. The molecule has 0 aromatic carbocycles. The second-order valence-corrected chi connectivity index (χ2v) is 19.2. The summed E-state index contributed by atoms with van der Waals surface area (Å²) in [4.78, 5) is 12.5. The Morgan fingerprint density at radius 3 is 2.06 bits per heavy atom. The van der Waals surface area contributed by atoms with E-state index in [1.807, 2.05) is 0 Å². The van der Waals surface area contributed by atoms with E-state index in [1.54, 1.807) is 11.3 Å². The number of ether oxygens (including phenoxy) is 8. The minimum atomic E-state index is -0.226. The van der Waals surface area contributed by atoms with Crippen molar-refractivity contribution in [3.63, 3.8) is 0 Å². The molecule has 0 radical (unpaired) electrons. The van der Waals surface area contributed by atoms with Gasteiger partial charge in [-0.25, -0.2) is 0 Å². The summed E-state index contributed by atoms with van der Waals surface area (Å²) in [5.41, 5.74) is 1.28. The topological polar surface area (TPSA) is 90.9 Å². The van der Waals surface area contributed by atoms with E-state index in [9.17, 15) is 4.79 Å². The van der Waals surface area contributed by atoms with Crippen LogP contribution >= 0.6 is 43.2 Å². The van der Waals surface area contributed by atoms with E-state index in [1.165, 1.54) is 5.56 Å². The summed E-state index contributed by atoms with van der Waals surface area (Å²) in [7, 11) is 0. The molecule has 0 amide bonds. The molecule has 5 heterocycles. The van der Waals surface area contributed by atoms with E-state index >= 15 is 0 Å². The predicted molar refractivity (Wildman–Crippen MR) is 216 cm³/mol. The van der Waals surface area contributed by atoms with Gasteiger partial charge in [0.2, 0.25) is 0 Å². The van der Waals surface area contributed by atoms with Crippen LogP contribution in [0.2, 0.25) is 0 Å². The first kappa shape index (κ1) is 43.1. The molecule has 12 heteroatoms. The number of carbonyl (C=O) groups excluding carboxylic acids is 1. The van der Waals surface area contributed by atoms with E-state index in [-0.39, 0.29) is 67.7 Å². The lowest BCUT2D eigenvalue weighted by Crippen LogP contribution is -2.31. The number of carbonyl (C=O) groups is 1. The van der Waals surface area contributed by atoms with E-state index < -0.39 is 0 Å². The highest BCUT2D eigenvalue weighted by atomic mass is 79.9. The van der Waals surface area contributed by atoms with Gasteiger partial charge in [-0.3, -0.25) is 4.79 Å². The lowest BCUT2D eigenvalue weighted by molar-refractivity contribution is -0.203. The van der Waals surface area contributed by atoms with Crippen LogP contribution in [0.3, 0.4) is 0 Å². The predicted octanol–water partition coefficient (Wildman–Crippen LogP) is 10.4. The standard InChI is InChI=1S/C42H62Br2O9S/c43-37-27-30(42(44)54-37)19-20-32(51-39-16-6-10-24-47-39)21-22-34-33(14-4-2-1-3-13-31(45)29-50-38-15-5-9-23-46-38)35(52-40-17-7-11-25-48-40)28-36(34)53-41-18-8-12-26-49-41/h2,4,21-22,27,32-36,38-41H,1,3,5-20,23-26,28-29H2/b4-2-,22-21+/t32?,33-,34-,35+,36-,38?,39+,40?,41?/m1/s1. The highest BCUT2D eigenvalue weighted by Gasteiger charge is 2.45. The third kappa shape index (κ3) is 14.4. The van der Waals surface area contributed by atoms with E-state index in [2.05, 4.69) is 62.2 Å². The van der Waals surface area contributed by atoms with Gasteiger partial charge in [0.1, 0.15) is 6.61 Å². The van der Waals surface area contributed by atoms with Gasteiger partial charge in [-0.2, -0.15) is 0 Å². The van der Waals surface area contributed by atoms with Crippen LogP contribution in [0.15, 0.2) is 37.9 Å². The van der Waals surface area contributed by atoms with Gasteiger partial charge >= 0.3 is 0 Å². The minimum Gasteiger partial charge on any atom is -0.353 e. The van der Waals surface area contributed by atoms with Crippen molar-refractivity contribution in [3.05, 3.63) is 43.5 Å². The number of hydrogen-bond donors (Lipinski definition) is 0. The molecule has 5 fully saturated rings. The van der Waals surface area contributed by atoms with E-state index in [0.717, 1.165) is 150 Å². The van der Waals surface area contributed by atoms with Gasteiger partial charge in [0.15, 0.2) is 30.9 Å². The molecule has 304 valence electrons. The molecule has 6 rings (SSSR count). The smallest absolute Gasteiger partial charge is 0.158 e. The number of thiophene rings is 1. The lowest BCUT2D eigenvalue weighted by atomic mass is 9.89. The summed E-state index contributed by atoms with van der Waals surface area (Å²) >= 11 is 9.11. The summed E-state index contributed by atoms with van der Waals surface area (Å²) in [5.74, 6) is 0.435. The maximum absolute atomic E-state index is 12.5. The first-order valence-electron chi connectivity index (χ1n) is 20.8. The highest BCUT2D eigenvalue weighted by molar-refractivity contribution is 9.12. The Labute approximate surface area is 343 Å². The quantitative estimate of drug-likeness (QED) is 0.0937. The normalized spacial score (nSPS) is 31.7. The molecular formula is C42H62Br2O9S. The Kier molecular flexibility index (Phi) is 19.0. The first-order chi connectivity index (χ1) is 26.5. The number of unbranched alkanes of at least 4 members (excludes halogenated alkanes) is 1. The molecule has 0 spiro atoms. The molecule has 0 bridgehead atoms. The van der Waals surface area contributed by atoms with Crippen molar-refractivity contribution in [1.82, 2.24) is 0 Å². The zero-order valence-corrected chi connectivity index (χ0v) is 35.9. The van der Waals surface area contributed by atoms with Crippen molar-refractivity contribution >= 4 is 49.0 Å². The molecule has 9 nitrogen and oxygen atoms in total. The average molecular weight is 903 g/mol. The Morgan fingerprint density at radius 1 is 0.815 bits per heavy atom. The second kappa shape index (κ2) is 23.8. The van der Waals surface area contributed by atoms with Gasteiger partial charge in [-0.15, -0.1) is 11.3 Å². The molecule has 54 heavy (non-hydrogen) atoms. The average Bonchev–Trinajstić information content (AvgIpc) is 3.70.